The van der Waals surface area contributed by atoms with Crippen LogP contribution in [0.5, 0.6) is 0 Å². The van der Waals surface area contributed by atoms with Crippen LogP contribution in [-0.2, 0) is 17.6 Å². The van der Waals surface area contributed by atoms with Crippen molar-refractivity contribution in [3.05, 3.63) is 95.3 Å². The van der Waals surface area contributed by atoms with Crippen LogP contribution < -0.4 is 0 Å². The zero-order valence-electron chi connectivity index (χ0n) is 15.6. The number of rotatable bonds is 5. The van der Waals surface area contributed by atoms with Crippen molar-refractivity contribution in [3.8, 4) is 0 Å². The van der Waals surface area contributed by atoms with Crippen LogP contribution in [0.4, 0.5) is 4.39 Å². The third kappa shape index (κ3) is 4.25. The number of carbonyl (C=O) groups excluding carboxylic acids is 1. The first-order chi connectivity index (χ1) is 13.7. The van der Waals surface area contributed by atoms with E-state index in [1.54, 1.807) is 18.3 Å². The van der Waals surface area contributed by atoms with E-state index < -0.39 is 0 Å². The van der Waals surface area contributed by atoms with E-state index in [1.165, 1.54) is 12.1 Å². The molecule has 28 heavy (non-hydrogen) atoms. The Hall–Kier alpha value is -3.08. The SMILES string of the molecule is O=C(Cc1ccccn1)N1CCCC1c1cccc(Cc2ccc(F)cc2)n1. The first-order valence-electron chi connectivity index (χ1n) is 9.59. The zero-order valence-corrected chi connectivity index (χ0v) is 15.6. The van der Waals surface area contributed by atoms with E-state index in [0.29, 0.717) is 12.8 Å². The number of halogens is 1. The molecule has 0 N–H and O–H groups in total. The highest BCUT2D eigenvalue weighted by Gasteiger charge is 2.31. The molecule has 4 rings (SSSR count). The van der Waals surface area contributed by atoms with Crippen molar-refractivity contribution in [3.63, 3.8) is 0 Å². The molecule has 0 aliphatic carbocycles. The molecular weight excluding hydrogens is 353 g/mol. The van der Waals surface area contributed by atoms with Crippen LogP contribution >= 0.6 is 0 Å². The highest BCUT2D eigenvalue weighted by atomic mass is 19.1. The molecule has 2 aromatic heterocycles. The van der Waals surface area contributed by atoms with Crippen molar-refractivity contribution >= 4 is 5.91 Å². The normalized spacial score (nSPS) is 16.3. The van der Waals surface area contributed by atoms with E-state index in [0.717, 1.165) is 42.0 Å². The minimum atomic E-state index is -0.238. The third-order valence-corrected chi connectivity index (χ3v) is 5.10. The van der Waals surface area contributed by atoms with Gasteiger partial charge in [0.05, 0.1) is 18.2 Å². The topological polar surface area (TPSA) is 46.1 Å². The Morgan fingerprint density at radius 3 is 2.64 bits per heavy atom. The lowest BCUT2D eigenvalue weighted by Gasteiger charge is -2.24. The van der Waals surface area contributed by atoms with Gasteiger partial charge in [-0.3, -0.25) is 14.8 Å². The van der Waals surface area contributed by atoms with Gasteiger partial charge in [-0.05, 0) is 54.8 Å². The summed E-state index contributed by atoms with van der Waals surface area (Å²) in [6, 6.07) is 18.1. The highest BCUT2D eigenvalue weighted by Crippen LogP contribution is 2.31. The van der Waals surface area contributed by atoms with Gasteiger partial charge in [0.1, 0.15) is 5.82 Å². The van der Waals surface area contributed by atoms with Gasteiger partial charge in [0, 0.05) is 30.6 Å². The van der Waals surface area contributed by atoms with Crippen LogP contribution in [0.25, 0.3) is 0 Å². The van der Waals surface area contributed by atoms with Gasteiger partial charge in [-0.1, -0.05) is 24.3 Å². The van der Waals surface area contributed by atoms with Gasteiger partial charge < -0.3 is 4.90 Å². The second kappa shape index (κ2) is 8.30. The number of likely N-dealkylation sites (tertiary alicyclic amines) is 1. The molecule has 1 saturated heterocycles. The number of pyridine rings is 2. The van der Waals surface area contributed by atoms with E-state index in [4.69, 9.17) is 4.98 Å². The van der Waals surface area contributed by atoms with Crippen molar-refractivity contribution < 1.29 is 9.18 Å². The summed E-state index contributed by atoms with van der Waals surface area (Å²) in [7, 11) is 0. The molecule has 5 heteroatoms. The summed E-state index contributed by atoms with van der Waals surface area (Å²) in [6.07, 6.45) is 4.56. The Morgan fingerprint density at radius 2 is 1.86 bits per heavy atom. The van der Waals surface area contributed by atoms with Crippen molar-refractivity contribution in [1.29, 1.82) is 0 Å². The van der Waals surface area contributed by atoms with E-state index in [2.05, 4.69) is 4.98 Å². The highest BCUT2D eigenvalue weighted by molar-refractivity contribution is 5.79. The smallest absolute Gasteiger partial charge is 0.229 e. The number of nitrogens with zero attached hydrogens (tertiary/aromatic N) is 3. The van der Waals surface area contributed by atoms with Crippen molar-refractivity contribution in [1.82, 2.24) is 14.9 Å². The lowest BCUT2D eigenvalue weighted by Crippen LogP contribution is -2.32. The van der Waals surface area contributed by atoms with Crippen LogP contribution in [0.2, 0.25) is 0 Å². The molecule has 1 aliphatic rings. The summed E-state index contributed by atoms with van der Waals surface area (Å²) >= 11 is 0. The molecule has 3 aromatic rings. The van der Waals surface area contributed by atoms with Gasteiger partial charge in [0.15, 0.2) is 0 Å². The van der Waals surface area contributed by atoms with Crippen LogP contribution in [0.1, 0.15) is 41.5 Å². The number of hydrogen-bond acceptors (Lipinski definition) is 3. The number of hydrogen-bond donors (Lipinski definition) is 0. The Bertz CT molecular complexity index is 944. The van der Waals surface area contributed by atoms with E-state index >= 15 is 0 Å². The molecular formula is C23H22FN3O. The quantitative estimate of drug-likeness (QED) is 0.674. The van der Waals surface area contributed by atoms with Crippen molar-refractivity contribution in [2.45, 2.75) is 31.7 Å². The molecule has 0 bridgehead atoms. The minimum Gasteiger partial charge on any atom is -0.334 e. The van der Waals surface area contributed by atoms with Gasteiger partial charge in [-0.2, -0.15) is 0 Å². The fraction of sp³-hybridized carbons (Fsp3) is 0.261. The van der Waals surface area contributed by atoms with E-state index in [-0.39, 0.29) is 17.8 Å². The number of benzene rings is 1. The number of amides is 1. The largest absolute Gasteiger partial charge is 0.334 e. The van der Waals surface area contributed by atoms with Crippen molar-refractivity contribution in [2.24, 2.45) is 0 Å². The van der Waals surface area contributed by atoms with Gasteiger partial charge >= 0.3 is 0 Å². The summed E-state index contributed by atoms with van der Waals surface area (Å²) in [5.41, 5.74) is 3.65. The molecule has 0 spiro atoms. The predicted octanol–water partition coefficient (Wildman–Crippen LogP) is 4.11. The number of carbonyl (C=O) groups is 1. The fourth-order valence-electron chi connectivity index (χ4n) is 3.73. The Morgan fingerprint density at radius 1 is 1.04 bits per heavy atom. The van der Waals surface area contributed by atoms with Crippen LogP contribution in [0.3, 0.4) is 0 Å². The van der Waals surface area contributed by atoms with Gasteiger partial charge in [-0.15, -0.1) is 0 Å². The fourth-order valence-corrected chi connectivity index (χ4v) is 3.73. The minimum absolute atomic E-state index is 0.00406. The Balaban J connectivity index is 1.49. The van der Waals surface area contributed by atoms with Crippen LogP contribution in [0, 0.1) is 5.82 Å². The molecule has 4 nitrogen and oxygen atoms in total. The summed E-state index contributed by atoms with van der Waals surface area (Å²) in [5.74, 6) is -0.148. The summed E-state index contributed by atoms with van der Waals surface area (Å²) < 4.78 is 13.1. The Labute approximate surface area is 164 Å². The molecule has 3 heterocycles. The molecule has 1 aliphatic heterocycles. The molecule has 1 atom stereocenters. The maximum atomic E-state index is 13.1. The molecule has 0 saturated carbocycles. The third-order valence-electron chi connectivity index (χ3n) is 5.10. The molecule has 1 aromatic carbocycles. The monoisotopic (exact) mass is 375 g/mol. The summed E-state index contributed by atoms with van der Waals surface area (Å²) in [5, 5.41) is 0. The molecule has 0 radical (unpaired) electrons. The Kier molecular flexibility index (Phi) is 5.42. The van der Waals surface area contributed by atoms with E-state index in [9.17, 15) is 9.18 Å². The molecule has 1 fully saturated rings. The zero-order chi connectivity index (χ0) is 19.3. The van der Waals surface area contributed by atoms with Crippen LogP contribution in [0.15, 0.2) is 66.9 Å². The molecule has 1 amide bonds. The molecule has 142 valence electrons. The first kappa shape index (κ1) is 18.3. The van der Waals surface area contributed by atoms with Gasteiger partial charge in [0.25, 0.3) is 0 Å². The maximum Gasteiger partial charge on any atom is 0.229 e. The lowest BCUT2D eigenvalue weighted by atomic mass is 10.1. The lowest BCUT2D eigenvalue weighted by molar-refractivity contribution is -0.131. The second-order valence-electron chi connectivity index (χ2n) is 7.10. The van der Waals surface area contributed by atoms with Crippen LogP contribution in [-0.4, -0.2) is 27.3 Å². The first-order valence-corrected chi connectivity index (χ1v) is 9.59. The van der Waals surface area contributed by atoms with Gasteiger partial charge in [0.2, 0.25) is 5.91 Å². The number of aromatic nitrogens is 2. The van der Waals surface area contributed by atoms with Crippen molar-refractivity contribution in [2.75, 3.05) is 6.54 Å². The van der Waals surface area contributed by atoms with E-state index in [1.807, 2.05) is 41.3 Å². The standard InChI is InChI=1S/C23H22FN3O/c24-18-11-9-17(10-12-18)15-20-6-3-7-21(26-20)22-8-4-14-27(22)23(28)16-19-5-1-2-13-25-19/h1-3,5-7,9-13,22H,4,8,14-16H2. The molecule has 1 unspecified atom stereocenters. The summed E-state index contributed by atoms with van der Waals surface area (Å²) in [4.78, 5) is 23.8. The summed E-state index contributed by atoms with van der Waals surface area (Å²) in [6.45, 7) is 0.750. The average Bonchev–Trinajstić information content (AvgIpc) is 3.21. The average molecular weight is 375 g/mol. The second-order valence-corrected chi connectivity index (χ2v) is 7.10. The maximum absolute atomic E-state index is 13.1. The predicted molar refractivity (Wildman–Crippen MR) is 105 cm³/mol. The van der Waals surface area contributed by atoms with Gasteiger partial charge in [-0.25, -0.2) is 4.39 Å².